The molecule has 19 heavy (non-hydrogen) atoms. The molecule has 0 spiro atoms. The van der Waals surface area contributed by atoms with E-state index >= 15 is 0 Å². The molecule has 1 rings (SSSR count). The fourth-order valence-corrected chi connectivity index (χ4v) is 2.75. The Labute approximate surface area is 114 Å². The van der Waals surface area contributed by atoms with Crippen molar-refractivity contribution in [1.82, 2.24) is 4.90 Å². The summed E-state index contributed by atoms with van der Waals surface area (Å²) in [5.41, 5.74) is -0.530. The number of carboxylic acid groups (broad SMARTS) is 1. The quantitative estimate of drug-likeness (QED) is 0.719. The van der Waals surface area contributed by atoms with E-state index in [9.17, 15) is 14.4 Å². The molecule has 1 fully saturated rings. The maximum absolute atomic E-state index is 12.4. The zero-order valence-corrected chi connectivity index (χ0v) is 11.9. The molecule has 1 unspecified atom stereocenters. The molecule has 0 saturated carbocycles. The van der Waals surface area contributed by atoms with Crippen LogP contribution in [0.4, 0.5) is 0 Å². The maximum atomic E-state index is 12.4. The first-order valence-electron chi connectivity index (χ1n) is 6.96. The fourth-order valence-electron chi connectivity index (χ4n) is 2.75. The van der Waals surface area contributed by atoms with Crippen LogP contribution in [0, 0.1) is 5.41 Å². The Bertz CT molecular complexity index is 374. The molecule has 1 aliphatic rings. The SMILES string of the molecule is CCC1(CC)CC(=O)N(C(C)CCCC(=O)O)C1=O. The van der Waals surface area contributed by atoms with E-state index in [2.05, 4.69) is 0 Å². The van der Waals surface area contributed by atoms with Crippen molar-refractivity contribution in [2.45, 2.75) is 65.3 Å². The van der Waals surface area contributed by atoms with Crippen LogP contribution in [0.3, 0.4) is 0 Å². The van der Waals surface area contributed by atoms with Gasteiger partial charge in [-0.25, -0.2) is 0 Å². The Morgan fingerprint density at radius 1 is 1.37 bits per heavy atom. The van der Waals surface area contributed by atoms with Crippen molar-refractivity contribution in [3.63, 3.8) is 0 Å². The summed E-state index contributed by atoms with van der Waals surface area (Å²) in [5.74, 6) is -1.04. The molecule has 1 N–H and O–H groups in total. The Kier molecular flexibility index (Phi) is 5.09. The Balaban J connectivity index is 2.70. The normalized spacial score (nSPS) is 19.8. The van der Waals surface area contributed by atoms with Crippen molar-refractivity contribution < 1.29 is 19.5 Å². The van der Waals surface area contributed by atoms with Crippen molar-refractivity contribution in [1.29, 1.82) is 0 Å². The third-order valence-electron chi connectivity index (χ3n) is 4.24. The number of aliphatic carboxylic acids is 1. The van der Waals surface area contributed by atoms with Crippen molar-refractivity contribution in [2.24, 2.45) is 5.41 Å². The molecule has 2 amide bonds. The highest BCUT2D eigenvalue weighted by Gasteiger charge is 2.50. The first-order valence-corrected chi connectivity index (χ1v) is 6.96. The molecule has 108 valence electrons. The highest BCUT2D eigenvalue weighted by molar-refractivity contribution is 6.06. The van der Waals surface area contributed by atoms with Gasteiger partial charge in [0.2, 0.25) is 11.8 Å². The number of hydrogen-bond donors (Lipinski definition) is 1. The Morgan fingerprint density at radius 2 is 1.95 bits per heavy atom. The van der Waals surface area contributed by atoms with Gasteiger partial charge in [0.15, 0.2) is 0 Å². The molecular formula is C14H23NO4. The molecule has 0 bridgehead atoms. The van der Waals surface area contributed by atoms with Gasteiger partial charge < -0.3 is 5.11 Å². The summed E-state index contributed by atoms with van der Waals surface area (Å²) in [7, 11) is 0. The van der Waals surface area contributed by atoms with Crippen molar-refractivity contribution in [2.75, 3.05) is 0 Å². The molecule has 5 heteroatoms. The van der Waals surface area contributed by atoms with Crippen LogP contribution in [0.15, 0.2) is 0 Å². The minimum atomic E-state index is -0.845. The van der Waals surface area contributed by atoms with Crippen molar-refractivity contribution in [3.05, 3.63) is 0 Å². The van der Waals surface area contributed by atoms with Gasteiger partial charge in [-0.3, -0.25) is 19.3 Å². The lowest BCUT2D eigenvalue weighted by Gasteiger charge is -2.27. The lowest BCUT2D eigenvalue weighted by atomic mass is 9.81. The number of likely N-dealkylation sites (tertiary alicyclic amines) is 1. The maximum Gasteiger partial charge on any atom is 0.303 e. The van der Waals surface area contributed by atoms with E-state index in [-0.39, 0.29) is 24.3 Å². The predicted octanol–water partition coefficient (Wildman–Crippen LogP) is 2.20. The molecule has 0 aliphatic carbocycles. The average molecular weight is 269 g/mol. The molecule has 0 aromatic rings. The third-order valence-corrected chi connectivity index (χ3v) is 4.24. The van der Waals surface area contributed by atoms with Gasteiger partial charge in [0, 0.05) is 18.9 Å². The van der Waals surface area contributed by atoms with E-state index in [1.807, 2.05) is 20.8 Å². The monoisotopic (exact) mass is 269 g/mol. The summed E-state index contributed by atoms with van der Waals surface area (Å²) in [4.78, 5) is 36.3. The van der Waals surface area contributed by atoms with Gasteiger partial charge in [0.05, 0.1) is 5.41 Å². The van der Waals surface area contributed by atoms with Crippen LogP contribution in [-0.4, -0.2) is 33.8 Å². The number of hydrogen-bond acceptors (Lipinski definition) is 3. The zero-order valence-electron chi connectivity index (χ0n) is 11.9. The van der Waals surface area contributed by atoms with Crippen LogP contribution < -0.4 is 0 Å². The largest absolute Gasteiger partial charge is 0.481 e. The molecule has 5 nitrogen and oxygen atoms in total. The molecule has 1 heterocycles. The molecule has 1 saturated heterocycles. The molecular weight excluding hydrogens is 246 g/mol. The first kappa shape index (κ1) is 15.7. The van der Waals surface area contributed by atoms with Crippen LogP contribution in [0.25, 0.3) is 0 Å². The molecule has 1 aliphatic heterocycles. The number of nitrogens with zero attached hydrogens (tertiary/aromatic N) is 1. The summed E-state index contributed by atoms with van der Waals surface area (Å²) < 4.78 is 0. The minimum Gasteiger partial charge on any atom is -0.481 e. The van der Waals surface area contributed by atoms with Gasteiger partial charge in [-0.2, -0.15) is 0 Å². The van der Waals surface area contributed by atoms with E-state index in [0.29, 0.717) is 32.1 Å². The Hall–Kier alpha value is -1.39. The first-order chi connectivity index (χ1) is 8.88. The van der Waals surface area contributed by atoms with Gasteiger partial charge in [-0.15, -0.1) is 0 Å². The summed E-state index contributed by atoms with van der Waals surface area (Å²) in [6.45, 7) is 5.69. The van der Waals surface area contributed by atoms with E-state index in [1.165, 1.54) is 4.90 Å². The number of rotatable bonds is 7. The lowest BCUT2D eigenvalue weighted by molar-refractivity contribution is -0.144. The van der Waals surface area contributed by atoms with Gasteiger partial charge in [0.25, 0.3) is 0 Å². The highest BCUT2D eigenvalue weighted by atomic mass is 16.4. The second-order valence-electron chi connectivity index (χ2n) is 5.37. The number of amides is 2. The highest BCUT2D eigenvalue weighted by Crippen LogP contribution is 2.40. The lowest BCUT2D eigenvalue weighted by Crippen LogP contribution is -2.41. The van der Waals surface area contributed by atoms with E-state index in [4.69, 9.17) is 5.11 Å². The zero-order chi connectivity index (χ0) is 14.6. The van der Waals surface area contributed by atoms with Gasteiger partial charge in [0.1, 0.15) is 0 Å². The van der Waals surface area contributed by atoms with Gasteiger partial charge in [-0.1, -0.05) is 13.8 Å². The van der Waals surface area contributed by atoms with E-state index in [1.54, 1.807) is 0 Å². The number of imide groups is 1. The summed E-state index contributed by atoms with van der Waals surface area (Å²) in [6.07, 6.45) is 2.75. The van der Waals surface area contributed by atoms with Crippen LogP contribution in [0.5, 0.6) is 0 Å². The van der Waals surface area contributed by atoms with Crippen molar-refractivity contribution >= 4 is 17.8 Å². The second kappa shape index (κ2) is 6.17. The Morgan fingerprint density at radius 3 is 2.37 bits per heavy atom. The molecule has 0 radical (unpaired) electrons. The van der Waals surface area contributed by atoms with Gasteiger partial charge >= 0.3 is 5.97 Å². The van der Waals surface area contributed by atoms with Crippen LogP contribution in [0.2, 0.25) is 0 Å². The average Bonchev–Trinajstić information content (AvgIpc) is 2.60. The predicted molar refractivity (Wildman–Crippen MR) is 70.4 cm³/mol. The van der Waals surface area contributed by atoms with Crippen molar-refractivity contribution in [3.8, 4) is 0 Å². The topological polar surface area (TPSA) is 74.7 Å². The molecule has 0 aromatic carbocycles. The number of carboxylic acids is 1. The summed E-state index contributed by atoms with van der Waals surface area (Å²) >= 11 is 0. The number of carbonyl (C=O) groups is 3. The van der Waals surface area contributed by atoms with E-state index in [0.717, 1.165) is 0 Å². The second-order valence-corrected chi connectivity index (χ2v) is 5.37. The van der Waals surface area contributed by atoms with E-state index < -0.39 is 11.4 Å². The molecule has 0 aromatic heterocycles. The smallest absolute Gasteiger partial charge is 0.303 e. The fraction of sp³-hybridized carbons (Fsp3) is 0.786. The molecule has 1 atom stereocenters. The minimum absolute atomic E-state index is 0.0766. The summed E-state index contributed by atoms with van der Waals surface area (Å²) in [6, 6.07) is -0.209. The summed E-state index contributed by atoms with van der Waals surface area (Å²) in [5, 5.41) is 8.61. The third kappa shape index (κ3) is 3.14. The van der Waals surface area contributed by atoms with Crippen LogP contribution in [-0.2, 0) is 14.4 Å². The standard InChI is InChI=1S/C14H23NO4/c1-4-14(5-2)9-11(16)15(13(14)19)10(3)7-6-8-12(17)18/h10H,4-9H2,1-3H3,(H,17,18). The number of carbonyl (C=O) groups excluding carboxylic acids is 2. The van der Waals surface area contributed by atoms with Crippen LogP contribution in [0.1, 0.15) is 59.3 Å². The van der Waals surface area contributed by atoms with Crippen LogP contribution >= 0.6 is 0 Å². The van der Waals surface area contributed by atoms with Gasteiger partial charge in [-0.05, 0) is 32.6 Å².